The third-order valence-electron chi connectivity index (χ3n) is 2.74. The molecule has 0 saturated heterocycles. The highest BCUT2D eigenvalue weighted by Crippen LogP contribution is 2.24. The molecule has 0 aliphatic carbocycles. The van der Waals surface area contributed by atoms with E-state index in [0.717, 1.165) is 0 Å². The first kappa shape index (κ1) is 12.8. The van der Waals surface area contributed by atoms with Crippen molar-refractivity contribution in [2.24, 2.45) is 0 Å². The van der Waals surface area contributed by atoms with Crippen molar-refractivity contribution in [1.29, 1.82) is 0 Å². The van der Waals surface area contributed by atoms with Crippen molar-refractivity contribution in [1.82, 2.24) is 0 Å². The van der Waals surface area contributed by atoms with Gasteiger partial charge in [0.2, 0.25) is 0 Å². The van der Waals surface area contributed by atoms with Crippen LogP contribution in [0.2, 0.25) is 0 Å². The number of rotatable bonds is 2. The molecule has 0 amide bonds. The van der Waals surface area contributed by atoms with Crippen LogP contribution >= 0.6 is 0 Å². The van der Waals surface area contributed by atoms with Crippen LogP contribution < -0.4 is 0 Å². The predicted molar refractivity (Wildman–Crippen MR) is 73.6 cm³/mol. The average molecular weight is 214 g/mol. The highest BCUT2D eigenvalue weighted by atomic mass is 14.2. The summed E-state index contributed by atoms with van der Waals surface area (Å²) in [5.41, 5.74) is 4.18. The maximum absolute atomic E-state index is 2.24. The fourth-order valence-corrected chi connectivity index (χ4v) is 1.70. The fourth-order valence-electron chi connectivity index (χ4n) is 1.70. The maximum atomic E-state index is 2.24. The van der Waals surface area contributed by atoms with Gasteiger partial charge in [0.15, 0.2) is 0 Å². The van der Waals surface area contributed by atoms with Crippen LogP contribution in [0.1, 0.15) is 45.7 Å². The Hall–Kier alpha value is -1.30. The smallest absolute Gasteiger partial charge is 0.0132 e. The van der Waals surface area contributed by atoms with E-state index in [1.54, 1.807) is 0 Å². The van der Waals surface area contributed by atoms with Gasteiger partial charge in [0.1, 0.15) is 0 Å². The standard InChI is InChI=1S/C16H22/c1-6-8-13(7-2)14-9-11-15(12-10-14)16(3,4)5/h6-12H,1-5H3/b8-6+,13-7-. The van der Waals surface area contributed by atoms with Gasteiger partial charge < -0.3 is 0 Å². The Kier molecular flexibility index (Phi) is 4.12. The molecule has 0 N–H and O–H groups in total. The lowest BCUT2D eigenvalue weighted by molar-refractivity contribution is 0.590. The summed E-state index contributed by atoms with van der Waals surface area (Å²) in [6.07, 6.45) is 6.37. The zero-order valence-corrected chi connectivity index (χ0v) is 11.0. The van der Waals surface area contributed by atoms with Gasteiger partial charge in [-0.25, -0.2) is 0 Å². The first-order valence-electron chi connectivity index (χ1n) is 5.89. The number of hydrogen-bond donors (Lipinski definition) is 0. The number of allylic oxidation sites excluding steroid dienone is 4. The average Bonchev–Trinajstić information content (AvgIpc) is 2.25. The molecule has 0 spiro atoms. The van der Waals surface area contributed by atoms with Crippen molar-refractivity contribution in [2.75, 3.05) is 0 Å². The summed E-state index contributed by atoms with van der Waals surface area (Å²) < 4.78 is 0. The van der Waals surface area contributed by atoms with Crippen LogP contribution in [-0.4, -0.2) is 0 Å². The molecule has 86 valence electrons. The van der Waals surface area contributed by atoms with Crippen LogP contribution in [0.5, 0.6) is 0 Å². The van der Waals surface area contributed by atoms with Gasteiger partial charge in [0.05, 0.1) is 0 Å². The zero-order valence-electron chi connectivity index (χ0n) is 11.0. The Morgan fingerprint density at radius 2 is 1.56 bits per heavy atom. The van der Waals surface area contributed by atoms with Crippen molar-refractivity contribution in [2.45, 2.75) is 40.0 Å². The molecule has 0 radical (unpaired) electrons. The van der Waals surface area contributed by atoms with Crippen LogP contribution in [0, 0.1) is 0 Å². The predicted octanol–water partition coefficient (Wildman–Crippen LogP) is 4.96. The highest BCUT2D eigenvalue weighted by Gasteiger charge is 2.12. The van der Waals surface area contributed by atoms with Crippen molar-refractivity contribution in [3.8, 4) is 0 Å². The number of hydrogen-bond acceptors (Lipinski definition) is 0. The molecular formula is C16H22. The van der Waals surface area contributed by atoms with Crippen molar-refractivity contribution >= 4 is 5.57 Å². The van der Waals surface area contributed by atoms with Gasteiger partial charge in [-0.1, -0.05) is 63.3 Å². The fraction of sp³-hybridized carbons (Fsp3) is 0.375. The normalized spacial score (nSPS) is 13.4. The molecule has 1 aromatic rings. The van der Waals surface area contributed by atoms with Crippen LogP contribution in [0.25, 0.3) is 5.57 Å². The Balaban J connectivity index is 3.04. The van der Waals surface area contributed by atoms with E-state index in [2.05, 4.69) is 70.2 Å². The molecule has 0 fully saturated rings. The summed E-state index contributed by atoms with van der Waals surface area (Å²) in [5, 5.41) is 0. The second kappa shape index (κ2) is 5.16. The molecule has 0 heterocycles. The lowest BCUT2D eigenvalue weighted by Gasteiger charge is -2.19. The Morgan fingerprint density at radius 3 is 1.94 bits per heavy atom. The molecule has 0 bridgehead atoms. The molecule has 0 nitrogen and oxygen atoms in total. The lowest BCUT2D eigenvalue weighted by atomic mass is 9.86. The van der Waals surface area contributed by atoms with E-state index in [0.29, 0.717) is 0 Å². The second-order valence-corrected chi connectivity index (χ2v) is 5.07. The largest absolute Gasteiger partial charge is 0.0871 e. The van der Waals surface area contributed by atoms with E-state index in [-0.39, 0.29) is 5.41 Å². The van der Waals surface area contributed by atoms with E-state index in [4.69, 9.17) is 0 Å². The van der Waals surface area contributed by atoms with Crippen LogP contribution in [0.3, 0.4) is 0 Å². The molecule has 0 aliphatic rings. The van der Waals surface area contributed by atoms with Crippen molar-refractivity contribution < 1.29 is 0 Å². The molecule has 0 atom stereocenters. The van der Waals surface area contributed by atoms with E-state index in [9.17, 15) is 0 Å². The molecule has 0 unspecified atom stereocenters. The van der Waals surface area contributed by atoms with Gasteiger partial charge in [-0.2, -0.15) is 0 Å². The van der Waals surface area contributed by atoms with Crippen LogP contribution in [-0.2, 0) is 5.41 Å². The molecule has 1 rings (SSSR count). The monoisotopic (exact) mass is 214 g/mol. The van der Waals surface area contributed by atoms with E-state index in [1.807, 2.05) is 6.92 Å². The molecule has 0 aliphatic heterocycles. The first-order chi connectivity index (χ1) is 7.49. The minimum atomic E-state index is 0.231. The molecule has 0 saturated carbocycles. The Bertz CT molecular complexity index is 383. The third-order valence-corrected chi connectivity index (χ3v) is 2.74. The lowest BCUT2D eigenvalue weighted by Crippen LogP contribution is -2.10. The van der Waals surface area contributed by atoms with Gasteiger partial charge in [-0.05, 0) is 36.0 Å². The zero-order chi connectivity index (χ0) is 12.2. The Labute approximate surface area is 99.7 Å². The minimum absolute atomic E-state index is 0.231. The first-order valence-corrected chi connectivity index (χ1v) is 5.89. The van der Waals surface area contributed by atoms with Gasteiger partial charge in [-0.15, -0.1) is 0 Å². The summed E-state index contributed by atoms with van der Waals surface area (Å²) in [4.78, 5) is 0. The second-order valence-electron chi connectivity index (χ2n) is 5.07. The van der Waals surface area contributed by atoms with Gasteiger partial charge in [0, 0.05) is 0 Å². The van der Waals surface area contributed by atoms with E-state index < -0.39 is 0 Å². The topological polar surface area (TPSA) is 0 Å². The van der Waals surface area contributed by atoms with Gasteiger partial charge >= 0.3 is 0 Å². The summed E-state index contributed by atoms with van der Waals surface area (Å²) in [6, 6.07) is 8.86. The third kappa shape index (κ3) is 3.10. The summed E-state index contributed by atoms with van der Waals surface area (Å²) in [5.74, 6) is 0. The quantitative estimate of drug-likeness (QED) is 0.610. The molecule has 1 aromatic carbocycles. The van der Waals surface area contributed by atoms with E-state index in [1.165, 1.54) is 16.7 Å². The highest BCUT2D eigenvalue weighted by molar-refractivity contribution is 5.73. The minimum Gasteiger partial charge on any atom is -0.0871 e. The Morgan fingerprint density at radius 1 is 1.00 bits per heavy atom. The molecule has 0 heteroatoms. The molecular weight excluding hydrogens is 192 g/mol. The molecule has 16 heavy (non-hydrogen) atoms. The van der Waals surface area contributed by atoms with Crippen molar-refractivity contribution in [3.05, 3.63) is 53.6 Å². The van der Waals surface area contributed by atoms with Crippen LogP contribution in [0.15, 0.2) is 42.5 Å². The van der Waals surface area contributed by atoms with Gasteiger partial charge in [-0.3, -0.25) is 0 Å². The van der Waals surface area contributed by atoms with Gasteiger partial charge in [0.25, 0.3) is 0 Å². The van der Waals surface area contributed by atoms with E-state index >= 15 is 0 Å². The van der Waals surface area contributed by atoms with Crippen LogP contribution in [0.4, 0.5) is 0 Å². The number of benzene rings is 1. The van der Waals surface area contributed by atoms with Crippen molar-refractivity contribution in [3.63, 3.8) is 0 Å². The summed E-state index contributed by atoms with van der Waals surface area (Å²) in [6.45, 7) is 10.8. The maximum Gasteiger partial charge on any atom is -0.0132 e. The molecule has 0 aromatic heterocycles. The summed E-state index contributed by atoms with van der Waals surface area (Å²) in [7, 11) is 0. The summed E-state index contributed by atoms with van der Waals surface area (Å²) >= 11 is 0. The SMILES string of the molecule is C/C=C(/C=C/C)c1ccc(C(C)(C)C)cc1.